The number of halogens is 1. The van der Waals surface area contributed by atoms with Crippen molar-refractivity contribution in [1.29, 1.82) is 0 Å². The van der Waals surface area contributed by atoms with E-state index >= 15 is 0 Å². The monoisotopic (exact) mass is 388 g/mol. The van der Waals surface area contributed by atoms with Crippen LogP contribution >= 0.6 is 11.8 Å². The third-order valence-corrected chi connectivity index (χ3v) is 4.77. The van der Waals surface area contributed by atoms with Crippen molar-refractivity contribution in [1.82, 2.24) is 5.32 Å². The van der Waals surface area contributed by atoms with E-state index in [9.17, 15) is 14.0 Å². The van der Waals surface area contributed by atoms with E-state index in [0.29, 0.717) is 21.4 Å². The van der Waals surface area contributed by atoms with Crippen LogP contribution in [0.2, 0.25) is 0 Å². The molecule has 0 spiro atoms. The molecule has 1 aromatic carbocycles. The number of furan rings is 1. The summed E-state index contributed by atoms with van der Waals surface area (Å²) in [5, 5.41) is 12.1. The van der Waals surface area contributed by atoms with Gasteiger partial charge in [0.05, 0.1) is 17.4 Å². The van der Waals surface area contributed by atoms with E-state index in [0.717, 1.165) is 23.9 Å². The summed E-state index contributed by atoms with van der Waals surface area (Å²) >= 11 is 1.11. The highest BCUT2D eigenvalue weighted by molar-refractivity contribution is 8.18. The third kappa shape index (κ3) is 4.85. The lowest BCUT2D eigenvalue weighted by molar-refractivity contribution is -0.137. The van der Waals surface area contributed by atoms with E-state index < -0.39 is 17.8 Å². The van der Waals surface area contributed by atoms with Gasteiger partial charge >= 0.3 is 5.97 Å². The molecule has 1 atom stereocenters. The van der Waals surface area contributed by atoms with Gasteiger partial charge in [0, 0.05) is 12.5 Å². The second kappa shape index (κ2) is 8.22. The lowest BCUT2D eigenvalue weighted by Crippen LogP contribution is -2.21. The number of hydrogen-bond donors (Lipinski definition) is 2. The van der Waals surface area contributed by atoms with Crippen LogP contribution in [0.5, 0.6) is 0 Å². The van der Waals surface area contributed by atoms with Crippen molar-refractivity contribution in [3.05, 3.63) is 64.2 Å². The molecular weight excluding hydrogens is 371 g/mol. The largest absolute Gasteiger partial charge is 0.481 e. The van der Waals surface area contributed by atoms with Crippen molar-refractivity contribution in [2.24, 2.45) is 4.99 Å². The van der Waals surface area contributed by atoms with Crippen molar-refractivity contribution >= 4 is 34.9 Å². The van der Waals surface area contributed by atoms with Crippen LogP contribution in [0.3, 0.4) is 0 Å². The first-order chi connectivity index (χ1) is 12.9. The molecule has 8 heteroatoms. The molecule has 1 saturated heterocycles. The van der Waals surface area contributed by atoms with E-state index in [1.165, 1.54) is 24.3 Å². The number of aliphatic imine (C=N–C) groups is 1. The van der Waals surface area contributed by atoms with Crippen molar-refractivity contribution < 1.29 is 23.5 Å². The molecule has 1 aromatic heterocycles. The van der Waals surface area contributed by atoms with Gasteiger partial charge in [0.15, 0.2) is 5.17 Å². The third-order valence-electron chi connectivity index (χ3n) is 3.85. The standard InChI is InChI=1S/C19H17FN2O4S/c1-2-13-7-8-14(26-13)9-16-18(25)22-19(27-16)21-15(10-17(23)24)11-3-5-12(20)6-4-11/h3-9,15H,2,10H2,1H3,(H,23,24)(H,21,22,25)/b16-9-/t15-/m0/s1. The summed E-state index contributed by atoms with van der Waals surface area (Å²) in [7, 11) is 0. The zero-order chi connectivity index (χ0) is 19.4. The number of aryl methyl sites for hydroxylation is 1. The van der Waals surface area contributed by atoms with Gasteiger partial charge in [-0.2, -0.15) is 0 Å². The molecule has 1 aliphatic rings. The molecule has 0 aliphatic carbocycles. The average Bonchev–Trinajstić information content (AvgIpc) is 3.21. The fraction of sp³-hybridized carbons (Fsp3) is 0.211. The summed E-state index contributed by atoms with van der Waals surface area (Å²) in [6, 6.07) is 8.36. The molecule has 2 heterocycles. The van der Waals surface area contributed by atoms with E-state index in [-0.39, 0.29) is 12.3 Å². The van der Waals surface area contributed by atoms with Crippen molar-refractivity contribution in [3.63, 3.8) is 0 Å². The Morgan fingerprint density at radius 2 is 2.07 bits per heavy atom. The summed E-state index contributed by atoms with van der Waals surface area (Å²) in [5.74, 6) is -0.412. The van der Waals surface area contributed by atoms with E-state index in [2.05, 4.69) is 10.3 Å². The number of carboxylic acids is 1. The van der Waals surface area contributed by atoms with Gasteiger partial charge in [-0.15, -0.1) is 0 Å². The van der Waals surface area contributed by atoms with E-state index in [1.807, 2.05) is 13.0 Å². The molecule has 0 radical (unpaired) electrons. The van der Waals surface area contributed by atoms with Crippen LogP contribution in [0, 0.1) is 5.82 Å². The summed E-state index contributed by atoms with van der Waals surface area (Å²) in [5.41, 5.74) is 0.553. The van der Waals surface area contributed by atoms with Crippen LogP contribution < -0.4 is 5.32 Å². The maximum Gasteiger partial charge on any atom is 0.305 e. The zero-order valence-corrected chi connectivity index (χ0v) is 15.3. The number of benzene rings is 1. The Kier molecular flexibility index (Phi) is 5.75. The molecular formula is C19H17FN2O4S. The molecule has 0 saturated carbocycles. The Morgan fingerprint density at radius 1 is 1.33 bits per heavy atom. The number of carbonyl (C=O) groups excluding carboxylic acids is 1. The number of rotatable bonds is 6. The van der Waals surface area contributed by atoms with Crippen LogP contribution in [0.15, 0.2) is 50.7 Å². The number of thioether (sulfide) groups is 1. The number of hydrogen-bond acceptors (Lipinski definition) is 5. The maximum absolute atomic E-state index is 13.1. The van der Waals surface area contributed by atoms with Crippen molar-refractivity contribution in [2.75, 3.05) is 0 Å². The van der Waals surface area contributed by atoms with Gasteiger partial charge in [-0.05, 0) is 41.6 Å². The van der Waals surface area contributed by atoms with Gasteiger partial charge in [-0.25, -0.2) is 4.39 Å². The lowest BCUT2D eigenvalue weighted by atomic mass is 10.0. The quantitative estimate of drug-likeness (QED) is 0.735. The number of nitrogens with one attached hydrogen (secondary N) is 1. The van der Waals surface area contributed by atoms with Gasteiger partial charge in [0.1, 0.15) is 17.3 Å². The van der Waals surface area contributed by atoms with E-state index in [4.69, 9.17) is 9.52 Å². The molecule has 2 aromatic rings. The Bertz CT molecular complexity index is 918. The predicted octanol–water partition coefficient (Wildman–Crippen LogP) is 3.76. The highest BCUT2D eigenvalue weighted by Gasteiger charge is 2.26. The van der Waals surface area contributed by atoms with Gasteiger partial charge in [0.2, 0.25) is 0 Å². The molecule has 1 aliphatic heterocycles. The molecule has 0 bridgehead atoms. The number of amidine groups is 1. The lowest BCUT2D eigenvalue weighted by Gasteiger charge is -2.11. The molecule has 6 nitrogen and oxygen atoms in total. The van der Waals surface area contributed by atoms with Crippen molar-refractivity contribution in [2.45, 2.75) is 25.8 Å². The van der Waals surface area contributed by atoms with E-state index in [1.54, 1.807) is 12.1 Å². The van der Waals surface area contributed by atoms with Crippen LogP contribution in [-0.2, 0) is 16.0 Å². The number of carboxylic acid groups (broad SMARTS) is 1. The first kappa shape index (κ1) is 18.9. The SMILES string of the molecule is CCc1ccc(/C=C2\SC(=N[C@@H](CC(=O)O)c3ccc(F)cc3)NC2=O)o1. The molecule has 1 amide bonds. The molecule has 0 unspecified atom stereocenters. The first-order valence-electron chi connectivity index (χ1n) is 8.29. The van der Waals surface area contributed by atoms with Gasteiger partial charge < -0.3 is 14.8 Å². The smallest absolute Gasteiger partial charge is 0.305 e. The topological polar surface area (TPSA) is 91.9 Å². The number of nitrogens with zero attached hydrogens (tertiary/aromatic N) is 1. The summed E-state index contributed by atoms with van der Waals surface area (Å²) in [6.07, 6.45) is 2.10. The molecule has 2 N–H and O–H groups in total. The maximum atomic E-state index is 13.1. The molecule has 1 fully saturated rings. The fourth-order valence-electron chi connectivity index (χ4n) is 2.51. The Hall–Kier alpha value is -2.87. The summed E-state index contributed by atoms with van der Waals surface area (Å²) < 4.78 is 18.7. The highest BCUT2D eigenvalue weighted by Crippen LogP contribution is 2.30. The van der Waals surface area contributed by atoms with Gasteiger partial charge in [0.25, 0.3) is 5.91 Å². The Balaban J connectivity index is 1.82. The first-order valence-corrected chi connectivity index (χ1v) is 9.11. The zero-order valence-electron chi connectivity index (χ0n) is 14.4. The van der Waals surface area contributed by atoms with Crippen LogP contribution in [-0.4, -0.2) is 22.2 Å². The summed E-state index contributed by atoms with van der Waals surface area (Å²) in [6.45, 7) is 1.97. The minimum atomic E-state index is -1.04. The number of carbonyl (C=O) groups is 2. The van der Waals surface area contributed by atoms with Gasteiger partial charge in [-0.3, -0.25) is 14.6 Å². The second-order valence-corrected chi connectivity index (χ2v) is 6.85. The molecule has 27 heavy (non-hydrogen) atoms. The Morgan fingerprint density at radius 3 is 2.70 bits per heavy atom. The van der Waals surface area contributed by atoms with Crippen LogP contribution in [0.4, 0.5) is 4.39 Å². The fourth-order valence-corrected chi connectivity index (χ4v) is 3.36. The minimum absolute atomic E-state index is 0.275. The second-order valence-electron chi connectivity index (χ2n) is 5.82. The molecule has 3 rings (SSSR count). The average molecular weight is 388 g/mol. The normalized spacial score (nSPS) is 18.1. The number of aliphatic carboxylic acids is 1. The highest BCUT2D eigenvalue weighted by atomic mass is 32.2. The molecule has 140 valence electrons. The van der Waals surface area contributed by atoms with Crippen LogP contribution in [0.1, 0.15) is 36.5 Å². The predicted molar refractivity (Wildman–Crippen MR) is 101 cm³/mol. The van der Waals surface area contributed by atoms with Crippen molar-refractivity contribution in [3.8, 4) is 0 Å². The number of amides is 1. The van der Waals surface area contributed by atoms with Gasteiger partial charge in [-0.1, -0.05) is 19.1 Å². The minimum Gasteiger partial charge on any atom is -0.481 e. The van der Waals surface area contributed by atoms with Crippen LogP contribution in [0.25, 0.3) is 6.08 Å². The summed E-state index contributed by atoms with van der Waals surface area (Å²) in [4.78, 5) is 28.1. The Labute approximate surface area is 159 Å².